The number of hydrogen-bond donors (Lipinski definition) is 1. The van der Waals surface area contributed by atoms with Crippen molar-refractivity contribution in [3.05, 3.63) is 48.0 Å². The van der Waals surface area contributed by atoms with Crippen LogP contribution in [0.5, 0.6) is 5.88 Å². The lowest BCUT2D eigenvalue weighted by Gasteiger charge is -2.16. The van der Waals surface area contributed by atoms with Gasteiger partial charge in [-0.25, -0.2) is 4.98 Å². The number of nitrogens with two attached hydrogens (primary N) is 1. The zero-order chi connectivity index (χ0) is 15.5. The summed E-state index contributed by atoms with van der Waals surface area (Å²) in [6.07, 6.45) is 4.86. The fraction of sp³-hybridized carbons (Fsp3) is 0.267. The molecule has 1 fully saturated rings. The first kappa shape index (κ1) is 14.1. The summed E-state index contributed by atoms with van der Waals surface area (Å²) in [4.78, 5) is 29.3. The van der Waals surface area contributed by atoms with Crippen LogP contribution in [0.25, 0.3) is 0 Å². The number of nitrogens with zero attached hydrogens (tertiary/aromatic N) is 2. The molecular weight excluding hydrogens is 286 g/mol. The van der Waals surface area contributed by atoms with Crippen LogP contribution in [0.3, 0.4) is 0 Å². The van der Waals surface area contributed by atoms with Crippen LogP contribution in [0.1, 0.15) is 27.1 Å². The van der Waals surface area contributed by atoms with Gasteiger partial charge < -0.3 is 19.8 Å². The lowest BCUT2D eigenvalue weighted by atomic mass is 10.2. The summed E-state index contributed by atoms with van der Waals surface area (Å²) in [7, 11) is 0. The third-order valence-corrected chi connectivity index (χ3v) is 3.52. The van der Waals surface area contributed by atoms with Gasteiger partial charge in [0.25, 0.3) is 11.8 Å². The van der Waals surface area contributed by atoms with Crippen molar-refractivity contribution in [1.29, 1.82) is 0 Å². The number of amides is 2. The third-order valence-electron chi connectivity index (χ3n) is 3.52. The summed E-state index contributed by atoms with van der Waals surface area (Å²) in [6, 6.07) is 4.81. The topological polar surface area (TPSA) is 98.7 Å². The summed E-state index contributed by atoms with van der Waals surface area (Å²) in [5.74, 6) is -0.485. The Morgan fingerprint density at radius 2 is 2.27 bits per heavy atom. The molecule has 2 N–H and O–H groups in total. The van der Waals surface area contributed by atoms with Gasteiger partial charge in [0.2, 0.25) is 5.88 Å². The Morgan fingerprint density at radius 3 is 3.00 bits per heavy atom. The Balaban J connectivity index is 1.67. The molecule has 3 rings (SSSR count). The van der Waals surface area contributed by atoms with Crippen molar-refractivity contribution >= 4 is 11.8 Å². The number of ether oxygens (including phenoxy) is 1. The van der Waals surface area contributed by atoms with Gasteiger partial charge in [-0.05, 0) is 18.2 Å². The van der Waals surface area contributed by atoms with Crippen LogP contribution in [-0.4, -0.2) is 40.9 Å². The Kier molecular flexibility index (Phi) is 3.78. The summed E-state index contributed by atoms with van der Waals surface area (Å²) >= 11 is 0. The van der Waals surface area contributed by atoms with Gasteiger partial charge >= 0.3 is 0 Å². The first-order valence-electron chi connectivity index (χ1n) is 6.88. The number of primary amides is 1. The average Bonchev–Trinajstić information content (AvgIpc) is 3.18. The number of aromatic nitrogens is 1. The maximum atomic E-state index is 12.2. The number of carbonyl (C=O) groups is 2. The van der Waals surface area contributed by atoms with E-state index in [-0.39, 0.29) is 23.5 Å². The molecule has 0 saturated carbocycles. The molecule has 1 unspecified atom stereocenters. The minimum absolute atomic E-state index is 0.101. The van der Waals surface area contributed by atoms with Crippen molar-refractivity contribution in [2.75, 3.05) is 13.1 Å². The molecule has 1 aliphatic heterocycles. The molecule has 22 heavy (non-hydrogen) atoms. The second-order valence-electron chi connectivity index (χ2n) is 5.01. The zero-order valence-electron chi connectivity index (χ0n) is 11.8. The quantitative estimate of drug-likeness (QED) is 0.910. The van der Waals surface area contributed by atoms with Crippen molar-refractivity contribution in [3.63, 3.8) is 0 Å². The van der Waals surface area contributed by atoms with Crippen molar-refractivity contribution in [1.82, 2.24) is 9.88 Å². The van der Waals surface area contributed by atoms with Gasteiger partial charge in [-0.1, -0.05) is 0 Å². The Labute approximate surface area is 126 Å². The molecule has 1 aliphatic rings. The number of likely N-dealkylation sites (tertiary alicyclic amines) is 1. The molecule has 0 aliphatic carbocycles. The highest BCUT2D eigenvalue weighted by molar-refractivity contribution is 5.95. The van der Waals surface area contributed by atoms with Crippen LogP contribution < -0.4 is 10.5 Å². The van der Waals surface area contributed by atoms with Crippen LogP contribution >= 0.6 is 0 Å². The number of rotatable bonds is 4. The molecule has 2 aromatic rings. The molecule has 0 spiro atoms. The molecule has 2 aromatic heterocycles. The van der Waals surface area contributed by atoms with E-state index in [1.54, 1.807) is 23.1 Å². The van der Waals surface area contributed by atoms with E-state index in [1.807, 2.05) is 0 Å². The van der Waals surface area contributed by atoms with Crippen molar-refractivity contribution in [3.8, 4) is 5.88 Å². The number of furan rings is 1. The number of pyridine rings is 1. The monoisotopic (exact) mass is 301 g/mol. The van der Waals surface area contributed by atoms with E-state index in [9.17, 15) is 9.59 Å². The maximum absolute atomic E-state index is 12.2. The van der Waals surface area contributed by atoms with E-state index < -0.39 is 5.91 Å². The third kappa shape index (κ3) is 2.78. The van der Waals surface area contributed by atoms with Crippen molar-refractivity contribution < 1.29 is 18.7 Å². The predicted molar refractivity (Wildman–Crippen MR) is 76.4 cm³/mol. The van der Waals surface area contributed by atoms with E-state index in [2.05, 4.69) is 4.98 Å². The largest absolute Gasteiger partial charge is 0.472 e. The normalized spacial score (nSPS) is 17.5. The summed E-state index contributed by atoms with van der Waals surface area (Å²) in [5.41, 5.74) is 6.04. The number of carbonyl (C=O) groups excluding carboxylic acids is 2. The minimum atomic E-state index is -0.590. The van der Waals surface area contributed by atoms with E-state index in [1.165, 1.54) is 18.7 Å². The second-order valence-corrected chi connectivity index (χ2v) is 5.01. The van der Waals surface area contributed by atoms with Gasteiger partial charge in [0.15, 0.2) is 0 Å². The molecule has 3 heterocycles. The van der Waals surface area contributed by atoms with Crippen molar-refractivity contribution in [2.45, 2.75) is 12.5 Å². The standard InChI is InChI=1S/C15H15N3O4/c16-13(19)12-2-1-5-17-14(12)22-11-3-6-18(8-11)15(20)10-4-7-21-9-10/h1-2,4-5,7,9,11H,3,6,8H2,(H2,16,19). The van der Waals surface area contributed by atoms with Gasteiger partial charge in [-0.15, -0.1) is 0 Å². The maximum Gasteiger partial charge on any atom is 0.257 e. The van der Waals surface area contributed by atoms with Crippen LogP contribution in [0.4, 0.5) is 0 Å². The van der Waals surface area contributed by atoms with Gasteiger partial charge in [0, 0.05) is 19.2 Å². The van der Waals surface area contributed by atoms with E-state index in [0.29, 0.717) is 25.1 Å². The van der Waals surface area contributed by atoms with Crippen LogP contribution in [0.15, 0.2) is 41.3 Å². The Bertz CT molecular complexity index is 684. The van der Waals surface area contributed by atoms with Gasteiger partial charge in [0.1, 0.15) is 17.9 Å². The van der Waals surface area contributed by atoms with E-state index in [4.69, 9.17) is 14.9 Å². The van der Waals surface area contributed by atoms with Gasteiger partial charge in [-0.2, -0.15) is 0 Å². The molecule has 7 nitrogen and oxygen atoms in total. The molecule has 1 saturated heterocycles. The van der Waals surface area contributed by atoms with Crippen LogP contribution in [0, 0.1) is 0 Å². The average molecular weight is 301 g/mol. The summed E-state index contributed by atoms with van der Waals surface area (Å²) in [5, 5.41) is 0. The highest BCUT2D eigenvalue weighted by atomic mass is 16.5. The molecule has 0 bridgehead atoms. The van der Waals surface area contributed by atoms with Gasteiger partial charge in [0.05, 0.1) is 18.4 Å². The molecular formula is C15H15N3O4. The Morgan fingerprint density at radius 1 is 1.41 bits per heavy atom. The van der Waals surface area contributed by atoms with Gasteiger partial charge in [-0.3, -0.25) is 9.59 Å². The van der Waals surface area contributed by atoms with E-state index >= 15 is 0 Å². The highest BCUT2D eigenvalue weighted by Gasteiger charge is 2.29. The number of hydrogen-bond acceptors (Lipinski definition) is 5. The smallest absolute Gasteiger partial charge is 0.257 e. The summed E-state index contributed by atoms with van der Waals surface area (Å²) in [6.45, 7) is 1.01. The fourth-order valence-electron chi connectivity index (χ4n) is 2.41. The molecule has 2 amide bonds. The molecule has 114 valence electrons. The van der Waals surface area contributed by atoms with Crippen LogP contribution in [-0.2, 0) is 0 Å². The molecule has 1 atom stereocenters. The molecule has 0 aromatic carbocycles. The minimum Gasteiger partial charge on any atom is -0.472 e. The molecule has 7 heteroatoms. The van der Waals surface area contributed by atoms with E-state index in [0.717, 1.165) is 0 Å². The van der Waals surface area contributed by atoms with Crippen LogP contribution in [0.2, 0.25) is 0 Å². The zero-order valence-corrected chi connectivity index (χ0v) is 11.8. The molecule has 0 radical (unpaired) electrons. The lowest BCUT2D eigenvalue weighted by molar-refractivity contribution is 0.0768. The SMILES string of the molecule is NC(=O)c1cccnc1OC1CCN(C(=O)c2ccoc2)C1. The fourth-order valence-corrected chi connectivity index (χ4v) is 2.41. The first-order chi connectivity index (χ1) is 10.6. The summed E-state index contributed by atoms with van der Waals surface area (Å²) < 4.78 is 10.7. The Hall–Kier alpha value is -2.83. The second kappa shape index (κ2) is 5.88. The predicted octanol–water partition coefficient (Wildman–Crippen LogP) is 1.07. The van der Waals surface area contributed by atoms with Crippen molar-refractivity contribution in [2.24, 2.45) is 5.73 Å². The lowest BCUT2D eigenvalue weighted by Crippen LogP contribution is -2.31. The highest BCUT2D eigenvalue weighted by Crippen LogP contribution is 2.21. The first-order valence-corrected chi connectivity index (χ1v) is 6.88.